The molecule has 0 saturated carbocycles. The van der Waals surface area contributed by atoms with Crippen molar-refractivity contribution in [3.63, 3.8) is 0 Å². The molecular weight excluding hydrogens is 292 g/mol. The summed E-state index contributed by atoms with van der Waals surface area (Å²) < 4.78 is 0. The normalized spacial score (nSPS) is 11.0. The molecule has 0 spiro atoms. The van der Waals surface area contributed by atoms with Crippen LogP contribution in [0.4, 0.5) is 0 Å². The molecule has 0 aromatic heterocycles. The molecule has 0 aliphatic heterocycles. The van der Waals surface area contributed by atoms with Gasteiger partial charge in [-0.05, 0) is 12.8 Å². The number of hydrogen-bond donors (Lipinski definition) is 0. The molecule has 0 aliphatic carbocycles. The van der Waals surface area contributed by atoms with Gasteiger partial charge >= 0.3 is 0 Å². The number of carbonyl (C=O) groups is 1. The number of rotatable bonds is 18. The molecule has 0 aliphatic rings. The van der Waals surface area contributed by atoms with Crippen LogP contribution in [0.3, 0.4) is 0 Å². The Morgan fingerprint density at radius 1 is 0.591 bits per heavy atom. The Labute approximate surface area is 144 Å². The van der Waals surface area contributed by atoms with Crippen LogP contribution in [0.1, 0.15) is 116 Å². The third kappa shape index (κ3) is 18.0. The van der Waals surface area contributed by atoms with Crippen molar-refractivity contribution in [1.82, 2.24) is 0 Å². The topological polar surface area (TPSA) is 17.1 Å². The molecule has 1 nitrogen and oxygen atoms in total. The highest BCUT2D eigenvalue weighted by molar-refractivity contribution is 6.17. The highest BCUT2D eigenvalue weighted by Gasteiger charge is 2.01. The van der Waals surface area contributed by atoms with E-state index in [-0.39, 0.29) is 0 Å². The first-order valence-corrected chi connectivity index (χ1v) is 10.4. The fourth-order valence-corrected chi connectivity index (χ4v) is 3.04. The number of alkyl halides is 1. The Morgan fingerprint density at radius 2 is 0.955 bits per heavy atom. The van der Waals surface area contributed by atoms with Gasteiger partial charge in [-0.25, -0.2) is 0 Å². The molecule has 0 N–H and O–H groups in total. The van der Waals surface area contributed by atoms with Gasteiger partial charge in [-0.15, -0.1) is 11.6 Å². The molecular formula is C20H39ClO. The summed E-state index contributed by atoms with van der Waals surface area (Å²) in [5.41, 5.74) is 0. The molecule has 0 amide bonds. The van der Waals surface area contributed by atoms with E-state index in [1.54, 1.807) is 0 Å². The number of carbonyl (C=O) groups excluding carboxylic acids is 1. The molecule has 0 saturated heterocycles. The fraction of sp³-hybridized carbons (Fsp3) is 0.950. The molecule has 0 atom stereocenters. The molecule has 0 heterocycles. The minimum Gasteiger partial charge on any atom is -0.300 e. The highest BCUT2D eigenvalue weighted by atomic mass is 35.5. The number of unbranched alkanes of at least 4 members (excludes halogenated alkanes) is 13. The maximum absolute atomic E-state index is 11.5. The predicted octanol–water partition coefficient (Wildman–Crippen LogP) is 7.45. The summed E-state index contributed by atoms with van der Waals surface area (Å²) in [4.78, 5) is 11.5. The average Bonchev–Trinajstić information content (AvgIpc) is 2.53. The minimum absolute atomic E-state index is 0.402. The number of Topliss-reactive ketones (excluding diaryl/α,β-unsaturated/α-hetero) is 1. The van der Waals surface area contributed by atoms with E-state index in [4.69, 9.17) is 11.6 Å². The zero-order valence-corrected chi connectivity index (χ0v) is 15.8. The van der Waals surface area contributed by atoms with Crippen LogP contribution >= 0.6 is 11.6 Å². The monoisotopic (exact) mass is 330 g/mol. The number of ketones is 1. The van der Waals surface area contributed by atoms with Crippen molar-refractivity contribution >= 4 is 17.4 Å². The first-order chi connectivity index (χ1) is 10.8. The van der Waals surface area contributed by atoms with Gasteiger partial charge in [0, 0.05) is 18.7 Å². The van der Waals surface area contributed by atoms with Crippen molar-refractivity contribution in [3.8, 4) is 0 Å². The molecule has 132 valence electrons. The maximum atomic E-state index is 11.5. The third-order valence-electron chi connectivity index (χ3n) is 4.40. The van der Waals surface area contributed by atoms with Crippen LogP contribution in [0.15, 0.2) is 0 Å². The molecule has 0 unspecified atom stereocenters. The van der Waals surface area contributed by atoms with Crippen LogP contribution in [0.25, 0.3) is 0 Å². The number of hydrogen-bond acceptors (Lipinski definition) is 1. The van der Waals surface area contributed by atoms with Crippen LogP contribution in [0.5, 0.6) is 0 Å². The van der Waals surface area contributed by atoms with E-state index in [9.17, 15) is 4.79 Å². The highest BCUT2D eigenvalue weighted by Crippen LogP contribution is 2.13. The summed E-state index contributed by atoms with van der Waals surface area (Å²) >= 11 is 5.59. The van der Waals surface area contributed by atoms with Gasteiger partial charge < -0.3 is 0 Å². The van der Waals surface area contributed by atoms with E-state index in [1.807, 2.05) is 0 Å². The van der Waals surface area contributed by atoms with E-state index >= 15 is 0 Å². The van der Waals surface area contributed by atoms with Gasteiger partial charge in [-0.1, -0.05) is 90.4 Å². The lowest BCUT2D eigenvalue weighted by Gasteiger charge is -2.03. The first-order valence-electron chi connectivity index (χ1n) is 9.89. The van der Waals surface area contributed by atoms with Crippen molar-refractivity contribution in [2.45, 2.75) is 116 Å². The fourth-order valence-electron chi connectivity index (χ4n) is 2.91. The lowest BCUT2D eigenvalue weighted by atomic mass is 10.0. The summed E-state index contributed by atoms with van der Waals surface area (Å²) in [6.45, 7) is 2.28. The molecule has 0 bridgehead atoms. The van der Waals surface area contributed by atoms with Crippen molar-refractivity contribution < 1.29 is 4.79 Å². The van der Waals surface area contributed by atoms with Gasteiger partial charge in [-0.2, -0.15) is 0 Å². The quantitative estimate of drug-likeness (QED) is 0.188. The minimum atomic E-state index is 0.402. The van der Waals surface area contributed by atoms with Crippen molar-refractivity contribution in [2.24, 2.45) is 0 Å². The van der Waals surface area contributed by atoms with Gasteiger partial charge in [-0.3, -0.25) is 4.79 Å². The van der Waals surface area contributed by atoms with E-state index in [1.165, 1.54) is 83.5 Å². The Hall–Kier alpha value is -0.0400. The van der Waals surface area contributed by atoms with Gasteiger partial charge in [0.05, 0.1) is 0 Å². The van der Waals surface area contributed by atoms with E-state index in [0.29, 0.717) is 18.1 Å². The van der Waals surface area contributed by atoms with E-state index in [2.05, 4.69) is 6.92 Å². The molecule has 0 aromatic rings. The lowest BCUT2D eigenvalue weighted by molar-refractivity contribution is -0.119. The van der Waals surface area contributed by atoms with Crippen LogP contribution < -0.4 is 0 Å². The smallest absolute Gasteiger partial charge is 0.132 e. The van der Waals surface area contributed by atoms with Crippen LogP contribution in [-0.2, 0) is 4.79 Å². The largest absolute Gasteiger partial charge is 0.300 e. The van der Waals surface area contributed by atoms with Crippen molar-refractivity contribution in [2.75, 3.05) is 5.88 Å². The molecule has 22 heavy (non-hydrogen) atoms. The Morgan fingerprint density at radius 3 is 1.36 bits per heavy atom. The van der Waals surface area contributed by atoms with E-state index in [0.717, 1.165) is 19.3 Å². The first kappa shape index (κ1) is 22.0. The van der Waals surface area contributed by atoms with Crippen LogP contribution in [0.2, 0.25) is 0 Å². The Balaban J connectivity index is 3.04. The van der Waals surface area contributed by atoms with Crippen molar-refractivity contribution in [3.05, 3.63) is 0 Å². The predicted molar refractivity (Wildman–Crippen MR) is 99.9 cm³/mol. The Bertz CT molecular complexity index is 228. The molecule has 0 radical (unpaired) electrons. The average molecular weight is 331 g/mol. The summed E-state index contributed by atoms with van der Waals surface area (Å²) in [6, 6.07) is 0. The van der Waals surface area contributed by atoms with Gasteiger partial charge in [0.2, 0.25) is 0 Å². The standard InChI is InChI=1S/C20H39ClO/c1-2-3-4-5-6-7-8-9-10-11-12-13-14-15-17-20(22)18-16-19-21/h2-19H2,1H3. The molecule has 0 fully saturated rings. The van der Waals surface area contributed by atoms with Crippen LogP contribution in [0, 0.1) is 0 Å². The maximum Gasteiger partial charge on any atom is 0.132 e. The van der Waals surface area contributed by atoms with Crippen LogP contribution in [-0.4, -0.2) is 11.7 Å². The Kier molecular flexibility index (Phi) is 19.0. The lowest BCUT2D eigenvalue weighted by Crippen LogP contribution is -1.97. The zero-order valence-electron chi connectivity index (χ0n) is 15.0. The summed E-state index contributed by atoms with van der Waals surface area (Å²) in [6.07, 6.45) is 21.4. The zero-order chi connectivity index (χ0) is 16.3. The molecule has 0 rings (SSSR count). The summed E-state index contributed by atoms with van der Waals surface area (Å²) in [5, 5.41) is 0. The van der Waals surface area contributed by atoms with E-state index < -0.39 is 0 Å². The second-order valence-electron chi connectivity index (χ2n) is 6.68. The van der Waals surface area contributed by atoms with Gasteiger partial charge in [0.15, 0.2) is 0 Å². The SMILES string of the molecule is CCCCCCCCCCCCCCCCC(=O)CCCCl. The van der Waals surface area contributed by atoms with Gasteiger partial charge in [0.25, 0.3) is 0 Å². The van der Waals surface area contributed by atoms with Gasteiger partial charge in [0.1, 0.15) is 5.78 Å². The summed E-state index contributed by atoms with van der Waals surface area (Å²) in [5.74, 6) is 1.02. The molecule has 2 heteroatoms. The third-order valence-corrected chi connectivity index (χ3v) is 4.67. The second-order valence-corrected chi connectivity index (χ2v) is 7.06. The second kappa shape index (κ2) is 19.0. The number of halogens is 1. The summed E-state index contributed by atoms with van der Waals surface area (Å²) in [7, 11) is 0. The molecule has 0 aromatic carbocycles. The van der Waals surface area contributed by atoms with Crippen molar-refractivity contribution in [1.29, 1.82) is 0 Å².